The lowest BCUT2D eigenvalue weighted by Gasteiger charge is -2.55. The number of halogens is 1. The van der Waals surface area contributed by atoms with E-state index in [0.717, 1.165) is 5.56 Å². The first kappa shape index (κ1) is 22.2. The van der Waals surface area contributed by atoms with Gasteiger partial charge >= 0.3 is 0 Å². The first-order chi connectivity index (χ1) is 16.3. The Labute approximate surface area is 202 Å². The molecule has 2 aliphatic heterocycles. The van der Waals surface area contributed by atoms with Crippen LogP contribution in [-0.2, 0) is 0 Å². The zero-order chi connectivity index (χ0) is 24.0. The summed E-state index contributed by atoms with van der Waals surface area (Å²) in [5.41, 5.74) is 1.03. The van der Waals surface area contributed by atoms with Crippen LogP contribution in [0.2, 0.25) is 0 Å². The number of carbonyl (C=O) groups is 1. The van der Waals surface area contributed by atoms with Crippen molar-refractivity contribution in [1.29, 1.82) is 0 Å². The van der Waals surface area contributed by atoms with Crippen LogP contribution in [-0.4, -0.2) is 35.9 Å². The predicted molar refractivity (Wildman–Crippen MR) is 130 cm³/mol. The van der Waals surface area contributed by atoms with E-state index in [9.17, 15) is 9.18 Å². The fourth-order valence-electron chi connectivity index (χ4n) is 4.68. The molecule has 34 heavy (non-hydrogen) atoms. The maximum Gasteiger partial charge on any atom is 0.260 e. The van der Waals surface area contributed by atoms with Crippen LogP contribution in [0, 0.1) is 5.82 Å². The SMILES string of the molecule is COc1cc(OC)cc(C(=O)N2C(=S)N(c3ccc(F)cc3)[C@@]3(C)C[C@H]2c2ccccc2O3)c1. The predicted octanol–water partition coefficient (Wildman–Crippen LogP) is 5.33. The largest absolute Gasteiger partial charge is 0.497 e. The van der Waals surface area contributed by atoms with Crippen LogP contribution < -0.4 is 19.1 Å². The second-order valence-corrected chi connectivity index (χ2v) is 8.77. The van der Waals surface area contributed by atoms with E-state index in [-0.39, 0.29) is 22.9 Å². The van der Waals surface area contributed by atoms with Crippen LogP contribution in [0.3, 0.4) is 0 Å². The van der Waals surface area contributed by atoms with Gasteiger partial charge in [-0.3, -0.25) is 14.6 Å². The van der Waals surface area contributed by atoms with E-state index in [0.29, 0.717) is 34.9 Å². The van der Waals surface area contributed by atoms with Gasteiger partial charge in [0.2, 0.25) is 0 Å². The molecule has 3 aromatic carbocycles. The van der Waals surface area contributed by atoms with Crippen molar-refractivity contribution < 1.29 is 23.4 Å². The molecular weight excluding hydrogens is 455 g/mol. The number of thiocarbonyl (C=S) groups is 1. The van der Waals surface area contributed by atoms with Gasteiger partial charge in [0.15, 0.2) is 10.8 Å². The average Bonchev–Trinajstić information content (AvgIpc) is 2.84. The summed E-state index contributed by atoms with van der Waals surface area (Å²) in [5, 5.41) is 0.270. The number of methoxy groups -OCH3 is 2. The van der Waals surface area contributed by atoms with Gasteiger partial charge < -0.3 is 14.2 Å². The quantitative estimate of drug-likeness (QED) is 0.473. The molecule has 0 radical (unpaired) electrons. The number of benzene rings is 3. The number of hydrogen-bond donors (Lipinski definition) is 0. The van der Waals surface area contributed by atoms with E-state index in [1.54, 1.807) is 40.1 Å². The van der Waals surface area contributed by atoms with Gasteiger partial charge in [-0.2, -0.15) is 0 Å². The normalized spacial score (nSPS) is 20.9. The Kier molecular flexibility index (Phi) is 5.40. The van der Waals surface area contributed by atoms with Crippen molar-refractivity contribution in [2.75, 3.05) is 19.1 Å². The molecule has 174 valence electrons. The lowest BCUT2D eigenvalue weighted by Crippen LogP contribution is -2.67. The first-order valence-corrected chi connectivity index (χ1v) is 11.2. The van der Waals surface area contributed by atoms with Crippen molar-refractivity contribution in [1.82, 2.24) is 4.90 Å². The van der Waals surface area contributed by atoms with Gasteiger partial charge in [-0.15, -0.1) is 0 Å². The van der Waals surface area contributed by atoms with Crippen LogP contribution in [0.4, 0.5) is 10.1 Å². The molecule has 0 aliphatic carbocycles. The van der Waals surface area contributed by atoms with Crippen LogP contribution >= 0.6 is 12.2 Å². The Hall–Kier alpha value is -3.65. The van der Waals surface area contributed by atoms with Gasteiger partial charge in [0.25, 0.3) is 5.91 Å². The van der Waals surface area contributed by atoms with Crippen LogP contribution in [0.25, 0.3) is 0 Å². The zero-order valence-electron chi connectivity index (χ0n) is 18.9. The van der Waals surface area contributed by atoms with Crippen molar-refractivity contribution in [2.24, 2.45) is 0 Å². The van der Waals surface area contributed by atoms with E-state index in [4.69, 9.17) is 26.4 Å². The number of anilines is 1. The summed E-state index contributed by atoms with van der Waals surface area (Å²) in [5.74, 6) is 1.02. The third-order valence-corrected chi connectivity index (χ3v) is 6.64. The Balaban J connectivity index is 1.66. The monoisotopic (exact) mass is 478 g/mol. The molecule has 0 spiro atoms. The third kappa shape index (κ3) is 3.54. The molecule has 0 N–H and O–H groups in total. The number of carbonyl (C=O) groups excluding carboxylic acids is 1. The standard InChI is InChI=1S/C26H23FN2O4S/c1-26-15-22(21-6-4-5-7-23(21)33-26)28(25(34)29(26)18-10-8-17(27)9-11-18)24(30)16-12-19(31-2)14-20(13-16)32-3/h4-14,22H,15H2,1-3H3/t22-,26+/m0/s1. The molecule has 0 aromatic heterocycles. The summed E-state index contributed by atoms with van der Waals surface area (Å²) < 4.78 is 30.9. The second-order valence-electron chi connectivity index (χ2n) is 8.41. The van der Waals surface area contributed by atoms with Gasteiger partial charge in [-0.1, -0.05) is 18.2 Å². The Morgan fingerprint density at radius 3 is 2.35 bits per heavy atom. The molecule has 2 atom stereocenters. The third-order valence-electron chi connectivity index (χ3n) is 6.26. The van der Waals surface area contributed by atoms with Gasteiger partial charge in [0, 0.05) is 29.3 Å². The molecule has 2 bridgehead atoms. The van der Waals surface area contributed by atoms with Crippen LogP contribution in [0.5, 0.6) is 17.2 Å². The zero-order valence-corrected chi connectivity index (χ0v) is 19.8. The summed E-state index contributed by atoms with van der Waals surface area (Å²) in [6, 6.07) is 18.3. The van der Waals surface area contributed by atoms with E-state index in [1.165, 1.54) is 26.4 Å². The molecule has 5 rings (SSSR count). The number of para-hydroxylation sites is 1. The van der Waals surface area contributed by atoms with Crippen molar-refractivity contribution in [2.45, 2.75) is 25.1 Å². The highest BCUT2D eigenvalue weighted by atomic mass is 32.1. The lowest BCUT2D eigenvalue weighted by molar-refractivity contribution is 0.0183. The topological polar surface area (TPSA) is 51.2 Å². The van der Waals surface area contributed by atoms with E-state index in [2.05, 4.69) is 0 Å². The minimum absolute atomic E-state index is 0.270. The maximum absolute atomic E-state index is 14.0. The lowest BCUT2D eigenvalue weighted by atomic mass is 9.88. The van der Waals surface area contributed by atoms with E-state index in [1.807, 2.05) is 31.2 Å². The molecule has 1 fully saturated rings. The molecule has 8 heteroatoms. The Morgan fingerprint density at radius 1 is 1.06 bits per heavy atom. The number of ether oxygens (including phenoxy) is 3. The molecular formula is C26H23FN2O4S. The summed E-state index contributed by atoms with van der Waals surface area (Å²) in [4.78, 5) is 17.4. The molecule has 2 aliphatic rings. The fraction of sp³-hybridized carbons (Fsp3) is 0.231. The number of hydrogen-bond acceptors (Lipinski definition) is 5. The van der Waals surface area contributed by atoms with Crippen molar-refractivity contribution in [3.8, 4) is 17.2 Å². The first-order valence-electron chi connectivity index (χ1n) is 10.8. The Morgan fingerprint density at radius 2 is 1.71 bits per heavy atom. The molecule has 0 saturated carbocycles. The summed E-state index contributed by atoms with van der Waals surface area (Å²) >= 11 is 5.91. The molecule has 6 nitrogen and oxygen atoms in total. The van der Waals surface area contributed by atoms with Gasteiger partial charge in [-0.05, 0) is 61.6 Å². The Bertz CT molecular complexity index is 1260. The highest BCUT2D eigenvalue weighted by Gasteiger charge is 2.53. The van der Waals surface area contributed by atoms with Gasteiger partial charge in [-0.25, -0.2) is 4.39 Å². The highest BCUT2D eigenvalue weighted by Crippen LogP contribution is 2.49. The fourth-order valence-corrected chi connectivity index (χ4v) is 5.19. The minimum atomic E-state index is -0.864. The summed E-state index contributed by atoms with van der Waals surface area (Å²) in [7, 11) is 3.07. The number of rotatable bonds is 4. The summed E-state index contributed by atoms with van der Waals surface area (Å²) in [6.45, 7) is 1.93. The number of fused-ring (bicyclic) bond motifs is 4. The van der Waals surface area contributed by atoms with Crippen molar-refractivity contribution >= 4 is 28.9 Å². The van der Waals surface area contributed by atoms with Gasteiger partial charge in [0.1, 0.15) is 23.1 Å². The molecule has 3 aromatic rings. The van der Waals surface area contributed by atoms with E-state index >= 15 is 0 Å². The molecule has 1 amide bonds. The van der Waals surface area contributed by atoms with Crippen molar-refractivity contribution in [3.63, 3.8) is 0 Å². The number of amides is 1. The molecule has 0 unspecified atom stereocenters. The average molecular weight is 479 g/mol. The van der Waals surface area contributed by atoms with Crippen LogP contribution in [0.15, 0.2) is 66.7 Å². The molecule has 1 saturated heterocycles. The number of nitrogens with zero attached hydrogens (tertiary/aromatic N) is 2. The van der Waals surface area contributed by atoms with Crippen molar-refractivity contribution in [3.05, 3.63) is 83.7 Å². The highest BCUT2D eigenvalue weighted by molar-refractivity contribution is 7.80. The smallest absolute Gasteiger partial charge is 0.260 e. The second kappa shape index (κ2) is 8.29. The minimum Gasteiger partial charge on any atom is -0.497 e. The maximum atomic E-state index is 14.0. The van der Waals surface area contributed by atoms with Gasteiger partial charge in [0.05, 0.1) is 20.3 Å². The summed E-state index contributed by atoms with van der Waals surface area (Å²) in [6.07, 6.45) is 0.467. The van der Waals surface area contributed by atoms with Crippen LogP contribution in [0.1, 0.15) is 35.3 Å². The van der Waals surface area contributed by atoms with E-state index < -0.39 is 5.72 Å². The molecule has 2 heterocycles.